The summed E-state index contributed by atoms with van der Waals surface area (Å²) in [6.45, 7) is 14.6. The van der Waals surface area contributed by atoms with Crippen LogP contribution in [0, 0.1) is 5.41 Å². The molecule has 0 aromatic heterocycles. The standard InChI is InChI=1S/C37H52N4O6/c1-37(2,35(42)13-9-29-7-11-31(33(27-29)44-5)46-25-23-40-19-15-38(3)16-20-40)36(43)14-10-30-8-12-32(34(28-30)45-6)47-26-24-41-21-17-39(4)18-22-41/h7-14,27-28H,15-26H2,1-6H3/b13-9+,14-10+. The summed E-state index contributed by atoms with van der Waals surface area (Å²) in [6.07, 6.45) is 6.30. The Bertz CT molecular complexity index is 1290. The molecule has 0 aliphatic carbocycles. The van der Waals surface area contributed by atoms with E-state index < -0.39 is 5.41 Å². The molecular formula is C37H52N4O6. The molecule has 2 aromatic carbocycles. The maximum Gasteiger partial charge on any atom is 0.169 e. The summed E-state index contributed by atoms with van der Waals surface area (Å²) < 4.78 is 23.1. The van der Waals surface area contributed by atoms with Crippen LogP contribution in [0.4, 0.5) is 0 Å². The van der Waals surface area contributed by atoms with Gasteiger partial charge in [-0.3, -0.25) is 19.4 Å². The molecule has 0 unspecified atom stereocenters. The van der Waals surface area contributed by atoms with Gasteiger partial charge in [-0.25, -0.2) is 0 Å². The molecule has 256 valence electrons. The number of methoxy groups -OCH3 is 2. The molecule has 4 rings (SSSR count). The topological polar surface area (TPSA) is 84.0 Å². The van der Waals surface area contributed by atoms with E-state index in [1.54, 1.807) is 40.2 Å². The van der Waals surface area contributed by atoms with Crippen molar-refractivity contribution in [2.45, 2.75) is 13.8 Å². The average Bonchev–Trinajstić information content (AvgIpc) is 3.08. The number of ketones is 2. The number of carbonyl (C=O) groups is 2. The zero-order valence-corrected chi connectivity index (χ0v) is 29.0. The zero-order valence-electron chi connectivity index (χ0n) is 29.0. The molecule has 2 fully saturated rings. The van der Waals surface area contributed by atoms with Crippen molar-refractivity contribution < 1.29 is 28.5 Å². The number of rotatable bonds is 16. The molecule has 0 amide bonds. The Labute approximate surface area is 280 Å². The Hall–Kier alpha value is -3.70. The predicted octanol–water partition coefficient (Wildman–Crippen LogP) is 3.85. The SMILES string of the molecule is COc1cc(/C=C/C(=O)C(C)(C)C(=O)/C=C/c2ccc(OCCN3CCN(C)CC3)c(OC)c2)ccc1OCCN1CCN(C)CC1. The molecule has 2 aromatic rings. The number of ether oxygens (including phenoxy) is 4. The van der Waals surface area contributed by atoms with Crippen molar-refractivity contribution in [3.63, 3.8) is 0 Å². The van der Waals surface area contributed by atoms with Gasteiger partial charge in [-0.2, -0.15) is 0 Å². The minimum Gasteiger partial charge on any atom is -0.493 e. The summed E-state index contributed by atoms with van der Waals surface area (Å²) in [7, 11) is 7.48. The molecule has 0 N–H and O–H groups in total. The summed E-state index contributed by atoms with van der Waals surface area (Å²) in [5, 5.41) is 0. The summed E-state index contributed by atoms with van der Waals surface area (Å²) in [6, 6.07) is 11.1. The largest absolute Gasteiger partial charge is 0.493 e. The predicted molar refractivity (Wildman–Crippen MR) is 187 cm³/mol. The lowest BCUT2D eigenvalue weighted by molar-refractivity contribution is -0.132. The Kier molecular flexibility index (Phi) is 13.4. The summed E-state index contributed by atoms with van der Waals surface area (Å²) in [5.74, 6) is 1.93. The van der Waals surface area contributed by atoms with Gasteiger partial charge in [0.05, 0.1) is 19.6 Å². The lowest BCUT2D eigenvalue weighted by atomic mass is 9.82. The smallest absolute Gasteiger partial charge is 0.169 e. The van der Waals surface area contributed by atoms with E-state index in [4.69, 9.17) is 18.9 Å². The molecule has 10 nitrogen and oxygen atoms in total. The summed E-state index contributed by atoms with van der Waals surface area (Å²) in [4.78, 5) is 35.8. The van der Waals surface area contributed by atoms with Crippen molar-refractivity contribution in [3.8, 4) is 23.0 Å². The number of carbonyl (C=O) groups excluding carboxylic acids is 2. The summed E-state index contributed by atoms with van der Waals surface area (Å²) in [5.41, 5.74) is 0.316. The quantitative estimate of drug-likeness (QED) is 0.198. The summed E-state index contributed by atoms with van der Waals surface area (Å²) >= 11 is 0. The second kappa shape index (κ2) is 17.5. The van der Waals surface area contributed by atoms with Crippen molar-refractivity contribution in [2.75, 3.05) is 107 Å². The molecule has 10 heteroatoms. The van der Waals surface area contributed by atoms with Crippen LogP contribution in [0.1, 0.15) is 25.0 Å². The van der Waals surface area contributed by atoms with Crippen LogP contribution in [-0.4, -0.2) is 138 Å². The number of nitrogens with zero attached hydrogens (tertiary/aromatic N) is 4. The van der Waals surface area contributed by atoms with Gasteiger partial charge in [-0.1, -0.05) is 24.3 Å². The minimum atomic E-state index is -1.24. The van der Waals surface area contributed by atoms with Crippen LogP contribution in [0.15, 0.2) is 48.6 Å². The monoisotopic (exact) mass is 648 g/mol. The normalized spacial score (nSPS) is 17.3. The van der Waals surface area contributed by atoms with Crippen molar-refractivity contribution >= 4 is 23.7 Å². The molecule has 2 heterocycles. The van der Waals surface area contributed by atoms with Gasteiger partial charge in [0.25, 0.3) is 0 Å². The second-order valence-corrected chi connectivity index (χ2v) is 12.8. The number of piperazine rings is 2. The molecule has 2 aliphatic heterocycles. The van der Waals surface area contributed by atoms with Crippen LogP contribution in [0.3, 0.4) is 0 Å². The Morgan fingerprint density at radius 3 is 1.38 bits per heavy atom. The van der Waals surface area contributed by atoms with E-state index in [2.05, 4.69) is 33.7 Å². The highest BCUT2D eigenvalue weighted by atomic mass is 16.5. The molecule has 0 bridgehead atoms. The minimum absolute atomic E-state index is 0.291. The highest BCUT2D eigenvalue weighted by Gasteiger charge is 2.32. The fourth-order valence-electron chi connectivity index (χ4n) is 5.41. The van der Waals surface area contributed by atoms with E-state index in [-0.39, 0.29) is 11.6 Å². The number of likely N-dealkylation sites (N-methyl/N-ethyl adjacent to an activating group) is 2. The first-order valence-corrected chi connectivity index (χ1v) is 16.5. The van der Waals surface area contributed by atoms with Gasteiger partial charge in [0.2, 0.25) is 0 Å². The van der Waals surface area contributed by atoms with Gasteiger partial charge in [0.15, 0.2) is 34.6 Å². The lowest BCUT2D eigenvalue weighted by Gasteiger charge is -2.32. The molecular weight excluding hydrogens is 596 g/mol. The highest BCUT2D eigenvalue weighted by molar-refractivity contribution is 6.16. The molecule has 2 saturated heterocycles. The average molecular weight is 649 g/mol. The molecule has 0 radical (unpaired) electrons. The number of hydrogen-bond donors (Lipinski definition) is 0. The van der Waals surface area contributed by atoms with Gasteiger partial charge in [0, 0.05) is 65.4 Å². The van der Waals surface area contributed by atoms with Crippen LogP contribution in [0.25, 0.3) is 12.2 Å². The molecule has 0 atom stereocenters. The fourth-order valence-corrected chi connectivity index (χ4v) is 5.41. The third kappa shape index (κ3) is 10.7. The second-order valence-electron chi connectivity index (χ2n) is 12.8. The van der Waals surface area contributed by atoms with E-state index in [0.717, 1.165) is 76.6 Å². The van der Waals surface area contributed by atoms with Crippen molar-refractivity contribution in [2.24, 2.45) is 5.41 Å². The van der Waals surface area contributed by atoms with E-state index >= 15 is 0 Å². The molecule has 47 heavy (non-hydrogen) atoms. The van der Waals surface area contributed by atoms with Crippen LogP contribution in [0.5, 0.6) is 23.0 Å². The van der Waals surface area contributed by atoms with Gasteiger partial charge in [0.1, 0.15) is 13.2 Å². The first-order valence-electron chi connectivity index (χ1n) is 16.5. The third-order valence-electron chi connectivity index (χ3n) is 8.98. The van der Waals surface area contributed by atoms with E-state index in [0.29, 0.717) is 36.2 Å². The van der Waals surface area contributed by atoms with Gasteiger partial charge >= 0.3 is 0 Å². The maximum absolute atomic E-state index is 13.2. The third-order valence-corrected chi connectivity index (χ3v) is 8.98. The molecule has 2 aliphatic rings. The fraction of sp³-hybridized carbons (Fsp3) is 0.514. The first kappa shape index (κ1) is 36.1. The van der Waals surface area contributed by atoms with E-state index in [9.17, 15) is 9.59 Å². The van der Waals surface area contributed by atoms with Gasteiger partial charge in [-0.05, 0) is 75.5 Å². The maximum atomic E-state index is 13.2. The van der Waals surface area contributed by atoms with Crippen LogP contribution in [0.2, 0.25) is 0 Å². The van der Waals surface area contributed by atoms with Crippen LogP contribution >= 0.6 is 0 Å². The Morgan fingerprint density at radius 2 is 1.02 bits per heavy atom. The zero-order chi connectivity index (χ0) is 33.8. The molecule has 0 spiro atoms. The number of benzene rings is 2. The van der Waals surface area contributed by atoms with Gasteiger partial charge < -0.3 is 28.7 Å². The number of hydrogen-bond acceptors (Lipinski definition) is 10. The Morgan fingerprint density at radius 1 is 0.638 bits per heavy atom. The molecule has 0 saturated carbocycles. The van der Waals surface area contributed by atoms with Crippen molar-refractivity contribution in [1.29, 1.82) is 0 Å². The highest BCUT2D eigenvalue weighted by Crippen LogP contribution is 2.30. The van der Waals surface area contributed by atoms with Crippen molar-refractivity contribution in [3.05, 3.63) is 59.7 Å². The van der Waals surface area contributed by atoms with E-state index in [1.807, 2.05) is 36.4 Å². The van der Waals surface area contributed by atoms with E-state index in [1.165, 1.54) is 12.2 Å². The first-order chi connectivity index (χ1) is 22.6. The number of allylic oxidation sites excluding steroid dienone is 2. The van der Waals surface area contributed by atoms with Crippen molar-refractivity contribution in [1.82, 2.24) is 19.6 Å². The van der Waals surface area contributed by atoms with Crippen LogP contribution < -0.4 is 18.9 Å². The van der Waals surface area contributed by atoms with Gasteiger partial charge in [-0.15, -0.1) is 0 Å². The lowest BCUT2D eigenvalue weighted by Crippen LogP contribution is -2.45. The van der Waals surface area contributed by atoms with Crippen LogP contribution in [-0.2, 0) is 9.59 Å². The Balaban J connectivity index is 1.29.